The van der Waals surface area contributed by atoms with Crippen molar-refractivity contribution in [3.8, 4) is 28.3 Å². The van der Waals surface area contributed by atoms with Crippen molar-refractivity contribution in [1.82, 2.24) is 24.4 Å². The van der Waals surface area contributed by atoms with Crippen LogP contribution in [0.15, 0.2) is 55.8 Å². The number of rotatable bonds is 7. The number of nitrogens with zero attached hydrogens (tertiary/aromatic N) is 6. The fraction of sp³-hybridized carbons (Fsp3) is 0.136. The third-order valence-electron chi connectivity index (χ3n) is 4.90. The molecule has 0 bridgehead atoms. The van der Waals surface area contributed by atoms with Crippen LogP contribution in [-0.4, -0.2) is 44.0 Å². The van der Waals surface area contributed by atoms with Gasteiger partial charge in [0.15, 0.2) is 0 Å². The molecule has 0 radical (unpaired) electrons. The van der Waals surface area contributed by atoms with E-state index < -0.39 is 5.91 Å². The van der Waals surface area contributed by atoms with E-state index in [1.165, 1.54) is 6.20 Å². The smallest absolute Gasteiger partial charge is 0.250 e. The lowest BCUT2D eigenvalue weighted by Gasteiger charge is -2.09. The van der Waals surface area contributed by atoms with Crippen LogP contribution >= 0.6 is 0 Å². The summed E-state index contributed by atoms with van der Waals surface area (Å²) in [4.78, 5) is 15.7. The van der Waals surface area contributed by atoms with Crippen LogP contribution in [0.4, 0.5) is 0 Å². The highest BCUT2D eigenvalue weighted by Gasteiger charge is 2.15. The minimum atomic E-state index is -0.627. The zero-order valence-electron chi connectivity index (χ0n) is 16.8. The predicted octanol–water partition coefficient (Wildman–Crippen LogP) is 2.28. The van der Waals surface area contributed by atoms with Crippen molar-refractivity contribution in [3.63, 3.8) is 0 Å². The zero-order valence-corrected chi connectivity index (χ0v) is 16.8. The Balaban J connectivity index is 1.82. The molecule has 0 unspecified atom stereocenters. The molecule has 0 spiro atoms. The molecule has 0 atom stereocenters. The fourth-order valence-electron chi connectivity index (χ4n) is 3.26. The molecular weight excluding hydrogens is 394 g/mol. The van der Waals surface area contributed by atoms with Gasteiger partial charge in [-0.25, -0.2) is 4.52 Å². The van der Waals surface area contributed by atoms with E-state index in [1.54, 1.807) is 34.8 Å². The molecule has 9 heteroatoms. The summed E-state index contributed by atoms with van der Waals surface area (Å²) < 4.78 is 8.58. The van der Waals surface area contributed by atoms with Gasteiger partial charge in [-0.1, -0.05) is 12.6 Å². The van der Waals surface area contributed by atoms with Crippen molar-refractivity contribution in [2.75, 3.05) is 13.7 Å². The predicted molar refractivity (Wildman–Crippen MR) is 114 cm³/mol. The minimum Gasteiger partial charge on any atom is -0.383 e. The number of ether oxygens (including phenoxy) is 1. The maximum Gasteiger partial charge on any atom is 0.250 e. The van der Waals surface area contributed by atoms with E-state index >= 15 is 0 Å². The second-order valence-electron chi connectivity index (χ2n) is 6.87. The van der Waals surface area contributed by atoms with Crippen LogP contribution in [0, 0.1) is 11.3 Å². The van der Waals surface area contributed by atoms with E-state index in [0.29, 0.717) is 29.9 Å². The molecule has 0 aromatic carbocycles. The molecule has 0 aliphatic rings. The number of hydrogen-bond acceptors (Lipinski definition) is 6. The SMILES string of the molecule is C=C(C(N)=O)c1ccc(-c2cc(-c3cnn(CCOC)c3)cn3ncc(C#N)c23)cn1. The third-order valence-corrected chi connectivity index (χ3v) is 4.90. The molecule has 0 saturated carbocycles. The second kappa shape index (κ2) is 8.22. The molecule has 4 aromatic heterocycles. The van der Waals surface area contributed by atoms with Gasteiger partial charge < -0.3 is 10.5 Å². The number of amides is 1. The lowest BCUT2D eigenvalue weighted by Crippen LogP contribution is -2.12. The second-order valence-corrected chi connectivity index (χ2v) is 6.87. The van der Waals surface area contributed by atoms with E-state index in [0.717, 1.165) is 22.3 Å². The van der Waals surface area contributed by atoms with E-state index in [-0.39, 0.29) is 5.57 Å². The summed E-state index contributed by atoms with van der Waals surface area (Å²) in [5.41, 5.74) is 10.3. The van der Waals surface area contributed by atoms with Gasteiger partial charge >= 0.3 is 0 Å². The maximum absolute atomic E-state index is 11.4. The van der Waals surface area contributed by atoms with Crippen LogP contribution in [-0.2, 0) is 16.1 Å². The van der Waals surface area contributed by atoms with Crippen molar-refractivity contribution in [2.24, 2.45) is 5.73 Å². The molecule has 0 aliphatic heterocycles. The van der Waals surface area contributed by atoms with Crippen molar-refractivity contribution < 1.29 is 9.53 Å². The van der Waals surface area contributed by atoms with Gasteiger partial charge in [0.2, 0.25) is 5.91 Å². The van der Waals surface area contributed by atoms with Gasteiger partial charge in [0.05, 0.1) is 47.9 Å². The zero-order chi connectivity index (χ0) is 22.0. The molecule has 1 amide bonds. The molecule has 4 aromatic rings. The van der Waals surface area contributed by atoms with Gasteiger partial charge in [0, 0.05) is 48.0 Å². The quantitative estimate of drug-likeness (QED) is 0.464. The molecule has 154 valence electrons. The van der Waals surface area contributed by atoms with E-state index in [2.05, 4.69) is 27.8 Å². The van der Waals surface area contributed by atoms with Crippen LogP contribution in [0.2, 0.25) is 0 Å². The van der Waals surface area contributed by atoms with Crippen LogP contribution < -0.4 is 5.73 Å². The molecular formula is C22H19N7O2. The molecule has 0 saturated heterocycles. The summed E-state index contributed by atoms with van der Waals surface area (Å²) in [5, 5.41) is 18.2. The number of pyridine rings is 2. The van der Waals surface area contributed by atoms with Crippen LogP contribution in [0.3, 0.4) is 0 Å². The molecule has 4 heterocycles. The van der Waals surface area contributed by atoms with Crippen LogP contribution in [0.5, 0.6) is 0 Å². The van der Waals surface area contributed by atoms with Gasteiger partial charge in [-0.05, 0) is 12.1 Å². The van der Waals surface area contributed by atoms with E-state index in [1.807, 2.05) is 24.5 Å². The Labute approximate surface area is 178 Å². The highest BCUT2D eigenvalue weighted by Crippen LogP contribution is 2.32. The molecule has 0 aliphatic carbocycles. The Morgan fingerprint density at radius 2 is 2.03 bits per heavy atom. The third kappa shape index (κ3) is 3.80. The Morgan fingerprint density at radius 3 is 2.71 bits per heavy atom. The van der Waals surface area contributed by atoms with Gasteiger partial charge in [-0.3, -0.25) is 14.5 Å². The highest BCUT2D eigenvalue weighted by atomic mass is 16.5. The first-order valence-electron chi connectivity index (χ1n) is 9.40. The number of aromatic nitrogens is 5. The molecule has 31 heavy (non-hydrogen) atoms. The van der Waals surface area contributed by atoms with Gasteiger partial charge in [-0.2, -0.15) is 15.5 Å². The van der Waals surface area contributed by atoms with Crippen LogP contribution in [0.1, 0.15) is 11.3 Å². The summed E-state index contributed by atoms with van der Waals surface area (Å²) in [6.45, 7) is 4.86. The average molecular weight is 413 g/mol. The van der Waals surface area contributed by atoms with E-state index in [4.69, 9.17) is 10.5 Å². The number of hydrogen-bond donors (Lipinski definition) is 1. The Bertz CT molecular complexity index is 1330. The first-order chi connectivity index (χ1) is 15.0. The molecule has 0 fully saturated rings. The lowest BCUT2D eigenvalue weighted by molar-refractivity contribution is -0.112. The van der Waals surface area contributed by atoms with Gasteiger partial charge in [-0.15, -0.1) is 0 Å². The van der Waals surface area contributed by atoms with Gasteiger partial charge in [0.1, 0.15) is 6.07 Å². The molecule has 9 nitrogen and oxygen atoms in total. The first-order valence-corrected chi connectivity index (χ1v) is 9.40. The standard InChI is InChI=1S/C22H19N7O2/c1-14(22(24)30)20-4-3-15(9-25-20)19-7-16(13-29-21(19)17(8-23)10-27-29)18-11-26-28(12-18)5-6-31-2/h3-4,7,9-13H,1,5-6H2,2H3,(H2,24,30). The Kier molecular flexibility index (Phi) is 5.30. The van der Waals surface area contributed by atoms with E-state index in [9.17, 15) is 10.1 Å². The maximum atomic E-state index is 11.4. The summed E-state index contributed by atoms with van der Waals surface area (Å²) >= 11 is 0. The monoisotopic (exact) mass is 413 g/mol. The number of nitriles is 1. The fourth-order valence-corrected chi connectivity index (χ4v) is 3.26. The summed E-state index contributed by atoms with van der Waals surface area (Å²) in [5.74, 6) is -0.627. The normalized spacial score (nSPS) is 10.8. The average Bonchev–Trinajstić information content (AvgIpc) is 3.43. The van der Waals surface area contributed by atoms with Crippen molar-refractivity contribution in [3.05, 3.63) is 67.0 Å². The number of carbonyl (C=O) groups is 1. The highest BCUT2D eigenvalue weighted by molar-refractivity contribution is 6.17. The summed E-state index contributed by atoms with van der Waals surface area (Å²) in [6, 6.07) is 7.64. The number of methoxy groups -OCH3 is 1. The Hall–Kier alpha value is -4.29. The lowest BCUT2D eigenvalue weighted by atomic mass is 10.0. The molecule has 2 N–H and O–H groups in total. The number of fused-ring (bicyclic) bond motifs is 1. The largest absolute Gasteiger partial charge is 0.383 e. The summed E-state index contributed by atoms with van der Waals surface area (Å²) in [7, 11) is 1.65. The number of carbonyl (C=O) groups excluding carboxylic acids is 1. The number of nitrogens with two attached hydrogens (primary N) is 1. The van der Waals surface area contributed by atoms with Crippen LogP contribution in [0.25, 0.3) is 33.3 Å². The van der Waals surface area contributed by atoms with Crippen molar-refractivity contribution >= 4 is 17.0 Å². The Morgan fingerprint density at radius 1 is 1.19 bits per heavy atom. The number of primary amides is 1. The van der Waals surface area contributed by atoms with Crippen molar-refractivity contribution in [1.29, 1.82) is 5.26 Å². The van der Waals surface area contributed by atoms with Gasteiger partial charge in [0.25, 0.3) is 0 Å². The summed E-state index contributed by atoms with van der Waals surface area (Å²) in [6.07, 6.45) is 8.71. The first kappa shape index (κ1) is 20.0. The topological polar surface area (TPSA) is 124 Å². The minimum absolute atomic E-state index is 0.135. The molecule has 4 rings (SSSR count). The van der Waals surface area contributed by atoms with Crippen molar-refractivity contribution in [2.45, 2.75) is 6.54 Å².